The number of hydrogen-bond donors (Lipinski definition) is 0. The van der Waals surface area contributed by atoms with E-state index >= 15 is 0 Å². The summed E-state index contributed by atoms with van der Waals surface area (Å²) in [6.45, 7) is 7.25. The van der Waals surface area contributed by atoms with E-state index in [1.165, 1.54) is 0 Å². The van der Waals surface area contributed by atoms with E-state index in [9.17, 15) is 4.79 Å². The second-order valence-electron chi connectivity index (χ2n) is 5.78. The van der Waals surface area contributed by atoms with Crippen molar-refractivity contribution in [1.29, 1.82) is 0 Å². The molecule has 116 valence electrons. The molecule has 6 nitrogen and oxygen atoms in total. The highest BCUT2D eigenvalue weighted by molar-refractivity contribution is 5.92. The summed E-state index contributed by atoms with van der Waals surface area (Å²) in [5, 5.41) is 3.86. The second kappa shape index (κ2) is 5.87. The molecule has 3 heterocycles. The summed E-state index contributed by atoms with van der Waals surface area (Å²) in [4.78, 5) is 23.3. The van der Waals surface area contributed by atoms with Gasteiger partial charge in [0, 0.05) is 42.9 Å². The largest absolute Gasteiger partial charge is 0.361 e. The normalized spacial score (nSPS) is 18.0. The topological polar surface area (TPSA) is 72.1 Å². The number of rotatable bonds is 3. The molecule has 1 atom stereocenters. The first-order valence-electron chi connectivity index (χ1n) is 7.64. The van der Waals surface area contributed by atoms with E-state index < -0.39 is 0 Å². The first kappa shape index (κ1) is 14.7. The van der Waals surface area contributed by atoms with Crippen molar-refractivity contribution in [3.05, 3.63) is 40.8 Å². The molecule has 0 aromatic carbocycles. The molecule has 0 unspecified atom stereocenters. The Bertz CT molecular complexity index is 675. The molecule has 1 amide bonds. The molecule has 6 heteroatoms. The fraction of sp³-hybridized carbons (Fsp3) is 0.500. The van der Waals surface area contributed by atoms with Crippen LogP contribution in [0, 0.1) is 13.8 Å². The van der Waals surface area contributed by atoms with Gasteiger partial charge in [0.1, 0.15) is 11.6 Å². The molecule has 0 N–H and O–H groups in total. The predicted molar refractivity (Wildman–Crippen MR) is 80.6 cm³/mol. The minimum Gasteiger partial charge on any atom is -0.361 e. The van der Waals surface area contributed by atoms with Gasteiger partial charge in [0.25, 0.3) is 5.91 Å². The monoisotopic (exact) mass is 300 g/mol. The maximum atomic E-state index is 12.4. The van der Waals surface area contributed by atoms with E-state index in [-0.39, 0.29) is 11.8 Å². The Morgan fingerprint density at radius 2 is 2.05 bits per heavy atom. The zero-order valence-corrected chi connectivity index (χ0v) is 13.2. The number of aryl methyl sites for hydroxylation is 3. The molecular formula is C16H20N4O2. The van der Waals surface area contributed by atoms with Crippen LogP contribution in [0.15, 0.2) is 16.7 Å². The van der Waals surface area contributed by atoms with Crippen LogP contribution in [0.1, 0.15) is 52.7 Å². The Labute approximate surface area is 129 Å². The fourth-order valence-electron chi connectivity index (χ4n) is 2.83. The van der Waals surface area contributed by atoms with Crippen LogP contribution in [0.5, 0.6) is 0 Å². The van der Waals surface area contributed by atoms with Crippen LogP contribution in [0.2, 0.25) is 0 Å². The Morgan fingerprint density at radius 3 is 2.68 bits per heavy atom. The van der Waals surface area contributed by atoms with Crippen molar-refractivity contribution in [2.45, 2.75) is 39.5 Å². The van der Waals surface area contributed by atoms with Crippen LogP contribution in [0.25, 0.3) is 0 Å². The zero-order chi connectivity index (χ0) is 15.7. The number of hydrogen-bond acceptors (Lipinski definition) is 5. The fourth-order valence-corrected chi connectivity index (χ4v) is 2.83. The summed E-state index contributed by atoms with van der Waals surface area (Å²) < 4.78 is 5.12. The van der Waals surface area contributed by atoms with Gasteiger partial charge in [0.05, 0.1) is 0 Å². The lowest BCUT2D eigenvalue weighted by Crippen LogP contribution is -2.28. The highest BCUT2D eigenvalue weighted by Gasteiger charge is 2.31. The van der Waals surface area contributed by atoms with E-state index in [4.69, 9.17) is 4.52 Å². The lowest BCUT2D eigenvalue weighted by atomic mass is 10.1. The van der Waals surface area contributed by atoms with Gasteiger partial charge in [-0.25, -0.2) is 9.97 Å². The van der Waals surface area contributed by atoms with Crippen LogP contribution in [-0.2, 0) is 6.42 Å². The second-order valence-corrected chi connectivity index (χ2v) is 5.78. The van der Waals surface area contributed by atoms with Crippen LogP contribution in [-0.4, -0.2) is 39.0 Å². The number of amides is 1. The molecule has 1 aliphatic rings. The molecule has 2 aromatic heterocycles. The molecule has 0 spiro atoms. The van der Waals surface area contributed by atoms with Gasteiger partial charge in [-0.1, -0.05) is 12.1 Å². The molecular weight excluding hydrogens is 280 g/mol. The summed E-state index contributed by atoms with van der Waals surface area (Å²) in [6.07, 6.45) is 1.62. The van der Waals surface area contributed by atoms with E-state index in [1.54, 1.807) is 6.07 Å². The Hall–Kier alpha value is -2.24. The summed E-state index contributed by atoms with van der Waals surface area (Å²) >= 11 is 0. The van der Waals surface area contributed by atoms with Crippen LogP contribution in [0.3, 0.4) is 0 Å². The minimum absolute atomic E-state index is 0.0738. The van der Waals surface area contributed by atoms with Gasteiger partial charge >= 0.3 is 0 Å². The maximum absolute atomic E-state index is 12.4. The average Bonchev–Trinajstić information content (AvgIpc) is 3.15. The van der Waals surface area contributed by atoms with Crippen LogP contribution < -0.4 is 0 Å². The molecule has 0 bridgehead atoms. The van der Waals surface area contributed by atoms with E-state index in [2.05, 4.69) is 15.1 Å². The van der Waals surface area contributed by atoms with Gasteiger partial charge in [0.15, 0.2) is 5.69 Å². The molecule has 1 aliphatic heterocycles. The summed E-state index contributed by atoms with van der Waals surface area (Å²) in [5.41, 5.74) is 2.33. The average molecular weight is 300 g/mol. The van der Waals surface area contributed by atoms with Crippen LogP contribution in [0.4, 0.5) is 0 Å². The standard InChI is InChI=1S/C16H20N4O2/c1-4-13-8-14(19-22-13)16(21)20-6-5-12(9-20)15-17-10(2)7-11(3)18-15/h7-8,12H,4-6,9H2,1-3H3/t12-/m0/s1. The molecule has 2 aromatic rings. The van der Waals surface area contributed by atoms with Crippen molar-refractivity contribution in [3.63, 3.8) is 0 Å². The zero-order valence-electron chi connectivity index (χ0n) is 13.2. The third kappa shape index (κ3) is 2.86. The molecule has 3 rings (SSSR count). The molecule has 0 aliphatic carbocycles. The van der Waals surface area contributed by atoms with Gasteiger partial charge < -0.3 is 9.42 Å². The van der Waals surface area contributed by atoms with Crippen molar-refractivity contribution >= 4 is 5.91 Å². The van der Waals surface area contributed by atoms with Crippen molar-refractivity contribution < 1.29 is 9.32 Å². The number of aromatic nitrogens is 3. The summed E-state index contributed by atoms with van der Waals surface area (Å²) in [7, 11) is 0. The van der Waals surface area contributed by atoms with Gasteiger partial charge in [-0.2, -0.15) is 0 Å². The smallest absolute Gasteiger partial charge is 0.276 e. The van der Waals surface area contributed by atoms with Crippen molar-refractivity contribution in [1.82, 2.24) is 20.0 Å². The maximum Gasteiger partial charge on any atom is 0.276 e. The number of carbonyl (C=O) groups excluding carboxylic acids is 1. The molecule has 0 saturated carbocycles. The Kier molecular flexibility index (Phi) is 3.92. The van der Waals surface area contributed by atoms with Gasteiger partial charge in [-0.05, 0) is 26.3 Å². The molecule has 1 saturated heterocycles. The van der Waals surface area contributed by atoms with E-state index in [1.807, 2.05) is 31.7 Å². The van der Waals surface area contributed by atoms with Crippen LogP contribution >= 0.6 is 0 Å². The number of nitrogens with zero attached hydrogens (tertiary/aromatic N) is 4. The van der Waals surface area contributed by atoms with Gasteiger partial charge in [-0.15, -0.1) is 0 Å². The lowest BCUT2D eigenvalue weighted by molar-refractivity contribution is 0.0780. The molecule has 1 fully saturated rings. The van der Waals surface area contributed by atoms with Crippen molar-refractivity contribution in [2.75, 3.05) is 13.1 Å². The van der Waals surface area contributed by atoms with Crippen molar-refractivity contribution in [3.8, 4) is 0 Å². The highest BCUT2D eigenvalue weighted by Crippen LogP contribution is 2.26. The first-order chi connectivity index (χ1) is 10.6. The van der Waals surface area contributed by atoms with Crippen molar-refractivity contribution in [2.24, 2.45) is 0 Å². The van der Waals surface area contributed by atoms with Gasteiger partial charge in [-0.3, -0.25) is 4.79 Å². The quantitative estimate of drug-likeness (QED) is 0.869. The van der Waals surface area contributed by atoms with E-state index in [0.29, 0.717) is 18.8 Å². The molecule has 0 radical (unpaired) electrons. The summed E-state index contributed by atoms with van der Waals surface area (Å²) in [6, 6.07) is 3.69. The Morgan fingerprint density at radius 1 is 1.32 bits per heavy atom. The Balaban J connectivity index is 1.72. The van der Waals surface area contributed by atoms with E-state index in [0.717, 1.165) is 35.8 Å². The highest BCUT2D eigenvalue weighted by atomic mass is 16.5. The third-order valence-corrected chi connectivity index (χ3v) is 3.97. The lowest BCUT2D eigenvalue weighted by Gasteiger charge is -2.14. The van der Waals surface area contributed by atoms with Gasteiger partial charge in [0.2, 0.25) is 0 Å². The first-order valence-corrected chi connectivity index (χ1v) is 7.64. The SMILES string of the molecule is CCc1cc(C(=O)N2CC[C@H](c3nc(C)cc(C)n3)C2)no1. The number of likely N-dealkylation sites (tertiary alicyclic amines) is 1. The number of carbonyl (C=O) groups is 1. The third-order valence-electron chi connectivity index (χ3n) is 3.97. The predicted octanol–water partition coefficient (Wildman–Crippen LogP) is 2.27. The summed E-state index contributed by atoms with van der Waals surface area (Å²) in [5.74, 6) is 1.69. The minimum atomic E-state index is -0.0738. The molecule has 22 heavy (non-hydrogen) atoms.